The number of aromatic nitrogens is 1. The van der Waals surface area contributed by atoms with Crippen LogP contribution in [0.3, 0.4) is 0 Å². The van der Waals surface area contributed by atoms with Crippen LogP contribution >= 0.6 is 12.2 Å². The van der Waals surface area contributed by atoms with E-state index in [-0.39, 0.29) is 5.41 Å². The van der Waals surface area contributed by atoms with E-state index < -0.39 is 12.1 Å². The van der Waals surface area contributed by atoms with Crippen molar-refractivity contribution in [2.24, 2.45) is 0 Å². The van der Waals surface area contributed by atoms with Crippen molar-refractivity contribution in [2.75, 3.05) is 33.1 Å². The van der Waals surface area contributed by atoms with Crippen LogP contribution in [0.15, 0.2) is 66.9 Å². The number of pyridine rings is 1. The van der Waals surface area contributed by atoms with Crippen molar-refractivity contribution in [2.45, 2.75) is 49.4 Å². The number of likely N-dealkylation sites (N-methyl/N-ethyl adjacent to an activating group) is 1. The summed E-state index contributed by atoms with van der Waals surface area (Å²) in [5, 5.41) is 14.6. The lowest BCUT2D eigenvalue weighted by Gasteiger charge is -2.45. The van der Waals surface area contributed by atoms with E-state index in [1.165, 1.54) is 5.56 Å². The number of methoxy groups -OCH3 is 2. The largest absolute Gasteiger partial charge is 0.493 e. The number of alkyl halides is 3. The zero-order valence-corrected chi connectivity index (χ0v) is 25.4. The molecule has 9 nitrogen and oxygen atoms in total. The summed E-state index contributed by atoms with van der Waals surface area (Å²) in [6, 6.07) is 20.5. The molecule has 0 bridgehead atoms. The zero-order chi connectivity index (χ0) is 31.9. The van der Waals surface area contributed by atoms with Gasteiger partial charge in [-0.1, -0.05) is 24.3 Å². The number of aliphatic carboxylic acids is 1. The standard InChI is InChI=1S/C29H34N4O3S.C2HF3O2/c1-33-16-15-29(20-9-11-24(34-2)25(17-20)35-3)14-13-21(18-26(29)33)31-28(37)32-22-10-12-27(30-19-22)36-23-7-5-4-6-8-23;3-2(4,5)1(6)7/h4-12,17,19,21,26H,13-16,18H2,1-3H3,(H2,31,32,37);(H,6,7)/t21-,26+,29+;/m1./s1. The van der Waals surface area contributed by atoms with E-state index in [1.807, 2.05) is 48.5 Å². The second-order valence-corrected chi connectivity index (χ2v) is 11.1. The molecule has 1 aliphatic carbocycles. The van der Waals surface area contributed by atoms with Gasteiger partial charge in [-0.2, -0.15) is 13.2 Å². The number of fused-ring (bicyclic) bond motifs is 1. The van der Waals surface area contributed by atoms with E-state index in [9.17, 15) is 13.2 Å². The molecule has 236 valence electrons. The third kappa shape index (κ3) is 7.88. The Balaban J connectivity index is 0.000000566. The normalized spacial score (nSPS) is 21.2. The minimum Gasteiger partial charge on any atom is -0.493 e. The number of carbonyl (C=O) groups is 1. The fourth-order valence-corrected chi connectivity index (χ4v) is 6.16. The predicted molar refractivity (Wildman–Crippen MR) is 164 cm³/mol. The van der Waals surface area contributed by atoms with Gasteiger partial charge in [0.2, 0.25) is 5.88 Å². The molecule has 1 saturated heterocycles. The van der Waals surface area contributed by atoms with E-state index in [2.05, 4.69) is 39.7 Å². The molecule has 13 heteroatoms. The molecule has 3 N–H and O–H groups in total. The minimum absolute atomic E-state index is 0.111. The first-order valence-corrected chi connectivity index (χ1v) is 14.4. The van der Waals surface area contributed by atoms with Crippen LogP contribution in [0.4, 0.5) is 18.9 Å². The van der Waals surface area contributed by atoms with Crippen LogP contribution in [0.1, 0.15) is 31.2 Å². The Hall–Kier alpha value is -4.10. The number of nitrogens with zero attached hydrogens (tertiary/aromatic N) is 2. The van der Waals surface area contributed by atoms with E-state index in [4.69, 9.17) is 36.3 Å². The van der Waals surface area contributed by atoms with E-state index >= 15 is 0 Å². The molecule has 1 saturated carbocycles. The fraction of sp³-hybridized carbons (Fsp3) is 0.387. The molecule has 2 aliphatic rings. The van der Waals surface area contributed by atoms with Crippen molar-refractivity contribution >= 4 is 29.0 Å². The van der Waals surface area contributed by atoms with Gasteiger partial charge in [0, 0.05) is 23.6 Å². The monoisotopic (exact) mass is 632 g/mol. The summed E-state index contributed by atoms with van der Waals surface area (Å²) in [5.41, 5.74) is 2.27. The fourth-order valence-electron chi connectivity index (χ4n) is 5.87. The van der Waals surface area contributed by atoms with Crippen LogP contribution in [-0.2, 0) is 10.2 Å². The van der Waals surface area contributed by atoms with E-state index in [1.54, 1.807) is 20.4 Å². The summed E-state index contributed by atoms with van der Waals surface area (Å²) in [6.07, 6.45) is 0.949. The number of hydrogen-bond acceptors (Lipinski definition) is 7. The first-order chi connectivity index (χ1) is 20.9. The number of nitrogens with one attached hydrogen (secondary N) is 2. The molecule has 2 heterocycles. The number of rotatable bonds is 7. The molecular weight excluding hydrogens is 597 g/mol. The molecule has 0 unspecified atom stereocenters. The molecule has 0 amide bonds. The first kappa shape index (κ1) is 32.8. The molecule has 2 aromatic carbocycles. The number of likely N-dealkylation sites (tertiary alicyclic amines) is 1. The predicted octanol–water partition coefficient (Wildman–Crippen LogP) is 6.01. The van der Waals surface area contributed by atoms with Crippen LogP contribution in [-0.4, -0.2) is 72.1 Å². The number of ether oxygens (including phenoxy) is 3. The Morgan fingerprint density at radius 2 is 1.77 bits per heavy atom. The second-order valence-electron chi connectivity index (χ2n) is 10.6. The van der Waals surface area contributed by atoms with Gasteiger partial charge in [0.25, 0.3) is 0 Å². The summed E-state index contributed by atoms with van der Waals surface area (Å²) >= 11 is 5.66. The Morgan fingerprint density at radius 3 is 2.39 bits per heavy atom. The highest BCUT2D eigenvalue weighted by Gasteiger charge is 2.50. The zero-order valence-electron chi connectivity index (χ0n) is 24.6. The van der Waals surface area contributed by atoms with Gasteiger partial charge in [0.05, 0.1) is 26.1 Å². The lowest BCUT2D eigenvalue weighted by molar-refractivity contribution is -0.192. The van der Waals surface area contributed by atoms with Crippen molar-refractivity contribution < 1.29 is 37.3 Å². The number of hydrogen-bond donors (Lipinski definition) is 3. The van der Waals surface area contributed by atoms with Gasteiger partial charge in [-0.15, -0.1) is 0 Å². The summed E-state index contributed by atoms with van der Waals surface area (Å²) in [5.74, 6) is 0.103. The van der Waals surface area contributed by atoms with E-state index in [0.29, 0.717) is 23.1 Å². The highest BCUT2D eigenvalue weighted by atomic mass is 32.1. The third-order valence-electron chi connectivity index (χ3n) is 8.02. The SMILES string of the molecule is COc1ccc([C@@]23CC[C@@H](NC(=S)Nc4ccc(Oc5ccccc5)nc4)C[C@@H]2N(C)CC3)cc1OC.O=C(O)C(F)(F)F. The van der Waals surface area contributed by atoms with Crippen LogP contribution in [0, 0.1) is 0 Å². The third-order valence-corrected chi connectivity index (χ3v) is 8.24. The molecule has 3 atom stereocenters. The average Bonchev–Trinajstić information content (AvgIpc) is 3.34. The summed E-state index contributed by atoms with van der Waals surface area (Å²) < 4.78 is 48.6. The van der Waals surface area contributed by atoms with Crippen LogP contribution in [0.25, 0.3) is 0 Å². The minimum atomic E-state index is -5.08. The molecule has 0 radical (unpaired) electrons. The Morgan fingerprint density at radius 1 is 1.07 bits per heavy atom. The van der Waals surface area contributed by atoms with E-state index in [0.717, 1.165) is 55.2 Å². The van der Waals surface area contributed by atoms with Gasteiger partial charge >= 0.3 is 12.1 Å². The Labute approximate surface area is 259 Å². The molecule has 1 aliphatic heterocycles. The number of halogens is 3. The van der Waals surface area contributed by atoms with Crippen LogP contribution in [0.5, 0.6) is 23.1 Å². The molecule has 2 fully saturated rings. The summed E-state index contributed by atoms with van der Waals surface area (Å²) in [4.78, 5) is 15.8. The molecule has 44 heavy (non-hydrogen) atoms. The molecule has 5 rings (SSSR count). The topological polar surface area (TPSA) is 105 Å². The number of carboxylic acids is 1. The van der Waals surface area contributed by atoms with Gasteiger partial charge < -0.3 is 34.9 Å². The average molecular weight is 633 g/mol. The van der Waals surface area contributed by atoms with Gasteiger partial charge in [-0.3, -0.25) is 0 Å². The van der Waals surface area contributed by atoms with Crippen LogP contribution in [0.2, 0.25) is 0 Å². The number of carboxylic acid groups (broad SMARTS) is 1. The molecule has 1 aromatic heterocycles. The molecular formula is C31H35F3N4O5S. The molecule has 0 spiro atoms. The van der Waals surface area contributed by atoms with Gasteiger partial charge in [0.1, 0.15) is 5.75 Å². The van der Waals surface area contributed by atoms with Crippen molar-refractivity contribution in [3.05, 3.63) is 72.4 Å². The van der Waals surface area contributed by atoms with Crippen molar-refractivity contribution in [1.82, 2.24) is 15.2 Å². The maximum Gasteiger partial charge on any atom is 0.490 e. The molecule has 3 aromatic rings. The smallest absolute Gasteiger partial charge is 0.490 e. The summed E-state index contributed by atoms with van der Waals surface area (Å²) in [6.45, 7) is 1.08. The maximum atomic E-state index is 10.6. The van der Waals surface area contributed by atoms with Gasteiger partial charge in [-0.05, 0) is 87.4 Å². The number of thiocarbonyl (C=S) groups is 1. The van der Waals surface area contributed by atoms with Crippen molar-refractivity contribution in [3.63, 3.8) is 0 Å². The quantitative estimate of drug-likeness (QED) is 0.269. The van der Waals surface area contributed by atoms with Gasteiger partial charge in [0.15, 0.2) is 16.6 Å². The maximum absolute atomic E-state index is 10.6. The van der Waals surface area contributed by atoms with Gasteiger partial charge in [-0.25, -0.2) is 9.78 Å². The highest BCUT2D eigenvalue weighted by molar-refractivity contribution is 7.80. The Kier molecular flexibility index (Phi) is 10.5. The Bertz CT molecular complexity index is 1430. The van der Waals surface area contributed by atoms with Crippen molar-refractivity contribution in [1.29, 1.82) is 0 Å². The number of para-hydroxylation sites is 1. The lowest BCUT2D eigenvalue weighted by atomic mass is 9.65. The second kappa shape index (κ2) is 14.1. The number of anilines is 1. The van der Waals surface area contributed by atoms with Crippen LogP contribution < -0.4 is 24.8 Å². The lowest BCUT2D eigenvalue weighted by Crippen LogP contribution is -2.52. The summed E-state index contributed by atoms with van der Waals surface area (Å²) in [7, 11) is 5.61. The first-order valence-electron chi connectivity index (χ1n) is 13.9. The number of benzene rings is 2. The highest BCUT2D eigenvalue weighted by Crippen LogP contribution is 2.49. The van der Waals surface area contributed by atoms with Crippen molar-refractivity contribution in [3.8, 4) is 23.1 Å².